The molecule has 0 radical (unpaired) electrons. The molecule has 2 unspecified atom stereocenters. The molecule has 0 aromatic rings. The second-order valence-electron chi connectivity index (χ2n) is 6.03. The van der Waals surface area contributed by atoms with E-state index in [-0.39, 0.29) is 0 Å². The number of aliphatic hydroxyl groups is 2. The highest BCUT2D eigenvalue weighted by Crippen LogP contribution is 2.56. The average molecular weight is 403 g/mol. The molecule has 132 valence electrons. The monoisotopic (exact) mass is 402 g/mol. The van der Waals surface area contributed by atoms with Crippen LogP contribution in [0.2, 0.25) is 0 Å². The van der Waals surface area contributed by atoms with Crippen LogP contribution in [0.15, 0.2) is 0 Å². The van der Waals surface area contributed by atoms with Crippen molar-refractivity contribution in [2.45, 2.75) is 68.8 Å². The molecule has 2 atom stereocenters. The molecule has 2 N–H and O–H groups in total. The summed E-state index contributed by atoms with van der Waals surface area (Å²) in [7, 11) is 5.93. The second kappa shape index (κ2) is 13.0. The predicted octanol–water partition coefficient (Wildman–Crippen LogP) is 5.07. The Morgan fingerprint density at radius 1 is 1.00 bits per heavy atom. The van der Waals surface area contributed by atoms with Crippen molar-refractivity contribution in [1.29, 1.82) is 0 Å². The van der Waals surface area contributed by atoms with Gasteiger partial charge in [-0.05, 0) is 40.8 Å². The molecule has 0 spiro atoms. The van der Waals surface area contributed by atoms with Crippen LogP contribution in [0.3, 0.4) is 0 Å². The minimum Gasteiger partial charge on any atom is -0.368 e. The first-order valence-electron chi connectivity index (χ1n) is 8.20. The first kappa shape index (κ1) is 21.7. The van der Waals surface area contributed by atoms with Crippen molar-refractivity contribution in [3.05, 3.63) is 0 Å². The highest BCUT2D eigenvalue weighted by molar-refractivity contribution is 9.09. The summed E-state index contributed by atoms with van der Waals surface area (Å²) in [5, 5.41) is 17.6. The molecule has 0 aromatic carbocycles. The number of rotatable bonds is 12. The molecule has 1 heterocycles. The molecule has 2 nitrogen and oxygen atoms in total. The van der Waals surface area contributed by atoms with E-state index in [0.717, 1.165) is 24.3 Å². The summed E-state index contributed by atoms with van der Waals surface area (Å²) in [5.41, 5.74) is 0. The van der Waals surface area contributed by atoms with Crippen LogP contribution < -0.4 is 0 Å². The fourth-order valence-corrected chi connectivity index (χ4v) is 10.1. The first-order valence-corrected chi connectivity index (χ1v) is 13.1. The molecule has 1 rings (SSSR count). The summed E-state index contributed by atoms with van der Waals surface area (Å²) in [6.07, 6.45) is 9.06. The van der Waals surface area contributed by atoms with Crippen LogP contribution in [0.25, 0.3) is 0 Å². The second-order valence-corrected chi connectivity index (χ2v) is 11.2. The van der Waals surface area contributed by atoms with Gasteiger partial charge in [0.25, 0.3) is 0 Å². The van der Waals surface area contributed by atoms with Crippen molar-refractivity contribution in [2.24, 2.45) is 5.92 Å². The zero-order chi connectivity index (χ0) is 16.3. The van der Waals surface area contributed by atoms with E-state index < -0.39 is 6.29 Å². The van der Waals surface area contributed by atoms with E-state index >= 15 is 0 Å². The summed E-state index contributed by atoms with van der Waals surface area (Å²) in [6.45, 7) is 0. The lowest BCUT2D eigenvalue weighted by Crippen LogP contribution is -2.40. The van der Waals surface area contributed by atoms with Gasteiger partial charge in [0.05, 0.1) is 0 Å². The molecule has 0 aliphatic carbocycles. The number of aliphatic hydroxyl groups excluding tert-OH is 1. The van der Waals surface area contributed by atoms with Gasteiger partial charge in [-0.3, -0.25) is 0 Å². The van der Waals surface area contributed by atoms with E-state index in [2.05, 4.69) is 25.3 Å². The zero-order valence-corrected chi connectivity index (χ0v) is 17.4. The van der Waals surface area contributed by atoms with Crippen molar-refractivity contribution in [2.75, 3.05) is 17.3 Å². The SMILES string of the molecule is OC(O)CCCCCCCCCC1(CS)SSSCC1CS. The molecule has 22 heavy (non-hydrogen) atoms. The van der Waals surface area contributed by atoms with Crippen LogP contribution in [0.1, 0.15) is 57.8 Å². The van der Waals surface area contributed by atoms with Crippen molar-refractivity contribution >= 4 is 56.7 Å². The van der Waals surface area contributed by atoms with Crippen LogP contribution in [-0.2, 0) is 0 Å². The van der Waals surface area contributed by atoms with Crippen LogP contribution in [-0.4, -0.2) is 38.5 Å². The van der Waals surface area contributed by atoms with Crippen molar-refractivity contribution < 1.29 is 10.2 Å². The normalized spacial score (nSPS) is 25.8. The fraction of sp³-hybridized carbons (Fsp3) is 1.00. The molecule has 0 amide bonds. The summed E-state index contributed by atoms with van der Waals surface area (Å²) in [6, 6.07) is 0. The number of hydrogen-bond acceptors (Lipinski definition) is 7. The Labute approximate surface area is 158 Å². The van der Waals surface area contributed by atoms with Gasteiger partial charge in [0.15, 0.2) is 6.29 Å². The maximum atomic E-state index is 8.78. The Morgan fingerprint density at radius 3 is 2.23 bits per heavy atom. The molecule has 1 aliphatic rings. The highest BCUT2D eigenvalue weighted by atomic mass is 33.5. The minimum atomic E-state index is -1.12. The average Bonchev–Trinajstić information content (AvgIpc) is 2.53. The Hall–Kier alpha value is 1.67. The van der Waals surface area contributed by atoms with Crippen LogP contribution in [0.4, 0.5) is 0 Å². The number of unbranched alkanes of at least 4 members (excludes halogenated alkanes) is 6. The summed E-state index contributed by atoms with van der Waals surface area (Å²) >= 11 is 9.19. The minimum absolute atomic E-state index is 0.318. The van der Waals surface area contributed by atoms with E-state index in [9.17, 15) is 0 Å². The van der Waals surface area contributed by atoms with Gasteiger partial charge < -0.3 is 10.2 Å². The van der Waals surface area contributed by atoms with E-state index in [0.29, 0.717) is 17.1 Å². The Balaban J connectivity index is 2.09. The molecule has 1 saturated heterocycles. The maximum absolute atomic E-state index is 8.78. The standard InChI is InChI=1S/C15H30O2S5/c16-14(17)8-6-4-2-1-3-5-7-9-15(12-19)13(10-18)11-20-22-21-15/h13-14,16-19H,1-12H2. The quantitative estimate of drug-likeness (QED) is 0.159. The van der Waals surface area contributed by atoms with Gasteiger partial charge in [-0.1, -0.05) is 60.1 Å². The molecule has 7 heteroatoms. The third-order valence-corrected chi connectivity index (χ3v) is 10.6. The van der Waals surface area contributed by atoms with Crippen molar-refractivity contribution in [3.8, 4) is 0 Å². The van der Waals surface area contributed by atoms with Gasteiger partial charge in [-0.15, -0.1) is 0 Å². The molecule has 0 aromatic heterocycles. The molecule has 1 aliphatic heterocycles. The molecule has 0 bridgehead atoms. The maximum Gasteiger partial charge on any atom is 0.151 e. The van der Waals surface area contributed by atoms with Crippen molar-refractivity contribution in [1.82, 2.24) is 0 Å². The Bertz CT molecular complexity index is 281. The predicted molar refractivity (Wildman–Crippen MR) is 111 cm³/mol. The number of hydrogen-bond donors (Lipinski definition) is 4. The summed E-state index contributed by atoms with van der Waals surface area (Å²) in [4.78, 5) is 0. The van der Waals surface area contributed by atoms with Gasteiger partial charge in [-0.2, -0.15) is 25.3 Å². The number of thiol groups is 2. The smallest absolute Gasteiger partial charge is 0.151 e. The molecular formula is C15H30O2S5. The van der Waals surface area contributed by atoms with Crippen LogP contribution in [0, 0.1) is 5.92 Å². The van der Waals surface area contributed by atoms with Gasteiger partial charge in [0.2, 0.25) is 0 Å². The van der Waals surface area contributed by atoms with E-state index in [1.165, 1.54) is 44.3 Å². The third-order valence-electron chi connectivity index (χ3n) is 4.31. The topological polar surface area (TPSA) is 40.5 Å². The highest BCUT2D eigenvalue weighted by Gasteiger charge is 2.40. The van der Waals surface area contributed by atoms with Gasteiger partial charge in [-0.25, -0.2) is 0 Å². The summed E-state index contributed by atoms with van der Waals surface area (Å²) < 4.78 is 0.318. The fourth-order valence-electron chi connectivity index (χ4n) is 2.76. The van der Waals surface area contributed by atoms with E-state index in [1.807, 2.05) is 31.4 Å². The van der Waals surface area contributed by atoms with E-state index in [4.69, 9.17) is 10.2 Å². The molecule has 0 saturated carbocycles. The van der Waals surface area contributed by atoms with E-state index in [1.54, 1.807) is 0 Å². The Kier molecular flexibility index (Phi) is 12.8. The Morgan fingerprint density at radius 2 is 1.64 bits per heavy atom. The molecular weight excluding hydrogens is 372 g/mol. The first-order chi connectivity index (χ1) is 10.6. The lowest BCUT2D eigenvalue weighted by atomic mass is 9.90. The van der Waals surface area contributed by atoms with Crippen LogP contribution >= 0.6 is 56.7 Å². The zero-order valence-electron chi connectivity index (χ0n) is 13.2. The lowest BCUT2D eigenvalue weighted by Gasteiger charge is -2.41. The largest absolute Gasteiger partial charge is 0.368 e. The van der Waals surface area contributed by atoms with Crippen molar-refractivity contribution in [3.63, 3.8) is 0 Å². The van der Waals surface area contributed by atoms with Gasteiger partial charge in [0, 0.05) is 16.3 Å². The van der Waals surface area contributed by atoms with Gasteiger partial charge >= 0.3 is 0 Å². The third kappa shape index (κ3) is 8.17. The van der Waals surface area contributed by atoms with Crippen LogP contribution in [0.5, 0.6) is 0 Å². The summed E-state index contributed by atoms with van der Waals surface area (Å²) in [5.74, 6) is 3.81. The lowest BCUT2D eigenvalue weighted by molar-refractivity contribution is -0.0466. The van der Waals surface area contributed by atoms with Gasteiger partial charge in [0.1, 0.15) is 0 Å². The molecule has 1 fully saturated rings.